The zero-order chi connectivity index (χ0) is 13.1. The van der Waals surface area contributed by atoms with E-state index in [1.807, 2.05) is 0 Å². The number of unbranched alkanes of at least 4 members (excludes halogenated alkanes) is 1. The highest BCUT2D eigenvalue weighted by atomic mass is 35.5. The second-order valence-electron chi connectivity index (χ2n) is 4.60. The Hall–Kier alpha value is -0.870. The van der Waals surface area contributed by atoms with Crippen molar-refractivity contribution in [3.63, 3.8) is 0 Å². The number of nitrogens with zero attached hydrogens (tertiary/aromatic N) is 2. The molecule has 0 fully saturated rings. The fourth-order valence-electron chi connectivity index (χ4n) is 1.94. The fourth-order valence-corrected chi connectivity index (χ4v) is 3.04. The van der Waals surface area contributed by atoms with Gasteiger partial charge in [0.15, 0.2) is 0 Å². The van der Waals surface area contributed by atoms with E-state index in [-0.39, 0.29) is 0 Å². The molecule has 0 spiro atoms. The van der Waals surface area contributed by atoms with E-state index >= 15 is 0 Å². The summed E-state index contributed by atoms with van der Waals surface area (Å²) in [5.41, 5.74) is 0. The van der Waals surface area contributed by atoms with Crippen molar-refractivity contribution in [2.45, 2.75) is 46.1 Å². The van der Waals surface area contributed by atoms with E-state index in [1.165, 1.54) is 17.7 Å². The summed E-state index contributed by atoms with van der Waals surface area (Å²) in [6.45, 7) is 6.45. The van der Waals surface area contributed by atoms with E-state index in [9.17, 15) is 0 Å². The van der Waals surface area contributed by atoms with Gasteiger partial charge < -0.3 is 5.32 Å². The van der Waals surface area contributed by atoms with Gasteiger partial charge in [0.05, 0.1) is 5.39 Å². The summed E-state index contributed by atoms with van der Waals surface area (Å²) in [5, 5.41) is 4.83. The van der Waals surface area contributed by atoms with Crippen LogP contribution in [0, 0.1) is 6.92 Å². The summed E-state index contributed by atoms with van der Waals surface area (Å²) in [5.74, 6) is 0.859. The number of anilines is 1. The number of rotatable bonds is 5. The first-order chi connectivity index (χ1) is 8.60. The summed E-state index contributed by atoms with van der Waals surface area (Å²) in [6, 6.07) is 2.52. The Labute approximate surface area is 117 Å². The molecule has 0 amide bonds. The van der Waals surface area contributed by atoms with Gasteiger partial charge in [-0.15, -0.1) is 11.3 Å². The number of aryl methyl sites for hydroxylation is 1. The van der Waals surface area contributed by atoms with Gasteiger partial charge in [-0.25, -0.2) is 9.97 Å². The van der Waals surface area contributed by atoms with Crippen LogP contribution >= 0.6 is 22.9 Å². The largest absolute Gasteiger partial charge is 0.367 e. The lowest BCUT2D eigenvalue weighted by atomic mass is 10.1. The highest BCUT2D eigenvalue weighted by molar-refractivity contribution is 7.18. The van der Waals surface area contributed by atoms with Gasteiger partial charge in [0.1, 0.15) is 10.6 Å². The molecule has 0 aromatic carbocycles. The lowest BCUT2D eigenvalue weighted by Gasteiger charge is -2.14. The van der Waals surface area contributed by atoms with Crippen LogP contribution in [0.25, 0.3) is 10.2 Å². The quantitative estimate of drug-likeness (QED) is 0.812. The Bertz CT molecular complexity index is 538. The van der Waals surface area contributed by atoms with Crippen LogP contribution in [-0.2, 0) is 0 Å². The van der Waals surface area contributed by atoms with Gasteiger partial charge in [-0.05, 0) is 37.9 Å². The van der Waals surface area contributed by atoms with Crippen molar-refractivity contribution in [3.05, 3.63) is 16.2 Å². The second kappa shape index (κ2) is 5.85. The first-order valence-corrected chi connectivity index (χ1v) is 7.49. The summed E-state index contributed by atoms with van der Waals surface area (Å²) in [4.78, 5) is 10.8. The normalized spacial score (nSPS) is 12.9. The Morgan fingerprint density at radius 3 is 2.94 bits per heavy atom. The zero-order valence-corrected chi connectivity index (χ0v) is 12.5. The van der Waals surface area contributed by atoms with Crippen molar-refractivity contribution >= 4 is 39.0 Å². The molecule has 0 aliphatic rings. The van der Waals surface area contributed by atoms with E-state index in [0.29, 0.717) is 11.3 Å². The minimum atomic E-state index is 0.314. The number of nitrogens with one attached hydrogen (secondary N) is 1. The molecule has 2 heterocycles. The van der Waals surface area contributed by atoms with Gasteiger partial charge in [0.2, 0.25) is 5.28 Å². The van der Waals surface area contributed by atoms with Gasteiger partial charge in [0, 0.05) is 10.9 Å². The average molecular weight is 284 g/mol. The van der Waals surface area contributed by atoms with Crippen molar-refractivity contribution in [1.82, 2.24) is 9.97 Å². The minimum absolute atomic E-state index is 0.314. The smallest absolute Gasteiger partial charge is 0.225 e. The van der Waals surface area contributed by atoms with Gasteiger partial charge in [-0.3, -0.25) is 0 Å². The van der Waals surface area contributed by atoms with Crippen molar-refractivity contribution in [2.75, 3.05) is 5.32 Å². The zero-order valence-electron chi connectivity index (χ0n) is 11.0. The molecule has 0 aliphatic carbocycles. The molecule has 0 saturated carbocycles. The standard InChI is InChI=1S/C13H18ClN3S/c1-4-5-6-8(2)15-11-10-7-9(3)18-12(10)17-13(14)16-11/h7-8H,4-6H2,1-3H3,(H,15,16,17). The SMILES string of the molecule is CCCCC(C)Nc1nc(Cl)nc2sc(C)cc12. The molecule has 1 atom stereocenters. The first kappa shape index (κ1) is 13.6. The summed E-state index contributed by atoms with van der Waals surface area (Å²) in [7, 11) is 0. The third-order valence-corrected chi connectivity index (χ3v) is 3.98. The molecule has 3 nitrogen and oxygen atoms in total. The van der Waals surface area contributed by atoms with E-state index in [1.54, 1.807) is 11.3 Å². The van der Waals surface area contributed by atoms with Gasteiger partial charge in [-0.2, -0.15) is 0 Å². The van der Waals surface area contributed by atoms with E-state index in [4.69, 9.17) is 11.6 Å². The van der Waals surface area contributed by atoms with E-state index in [2.05, 4.69) is 42.1 Å². The van der Waals surface area contributed by atoms with E-state index in [0.717, 1.165) is 22.5 Å². The topological polar surface area (TPSA) is 37.8 Å². The lowest BCUT2D eigenvalue weighted by molar-refractivity contribution is 0.644. The predicted octanol–water partition coefficient (Wildman–Crippen LogP) is 4.64. The number of hydrogen-bond acceptors (Lipinski definition) is 4. The van der Waals surface area contributed by atoms with Crippen LogP contribution in [0.4, 0.5) is 5.82 Å². The molecular formula is C13H18ClN3S. The molecule has 98 valence electrons. The molecule has 0 saturated heterocycles. The Morgan fingerprint density at radius 2 is 2.22 bits per heavy atom. The van der Waals surface area contributed by atoms with Crippen molar-refractivity contribution in [1.29, 1.82) is 0 Å². The minimum Gasteiger partial charge on any atom is -0.367 e. The van der Waals surface area contributed by atoms with Crippen LogP contribution < -0.4 is 5.32 Å². The summed E-state index contributed by atoms with van der Waals surface area (Å²) >= 11 is 7.62. The molecule has 0 radical (unpaired) electrons. The third-order valence-electron chi connectivity index (χ3n) is 2.86. The maximum Gasteiger partial charge on any atom is 0.225 e. The Balaban J connectivity index is 2.26. The number of aromatic nitrogens is 2. The highest BCUT2D eigenvalue weighted by Crippen LogP contribution is 2.30. The maximum absolute atomic E-state index is 5.97. The predicted molar refractivity (Wildman–Crippen MR) is 79.8 cm³/mol. The van der Waals surface area contributed by atoms with Crippen molar-refractivity contribution in [2.24, 2.45) is 0 Å². The summed E-state index contributed by atoms with van der Waals surface area (Å²) < 4.78 is 0. The van der Waals surface area contributed by atoms with Crippen LogP contribution in [-0.4, -0.2) is 16.0 Å². The number of fused-ring (bicyclic) bond motifs is 1. The lowest BCUT2D eigenvalue weighted by Crippen LogP contribution is -2.16. The molecule has 0 aliphatic heterocycles. The molecule has 1 N–H and O–H groups in total. The molecule has 0 bridgehead atoms. The van der Waals surface area contributed by atoms with Crippen LogP contribution in [0.3, 0.4) is 0 Å². The van der Waals surface area contributed by atoms with Crippen LogP contribution in [0.2, 0.25) is 5.28 Å². The highest BCUT2D eigenvalue weighted by Gasteiger charge is 2.11. The van der Waals surface area contributed by atoms with Crippen LogP contribution in [0.1, 0.15) is 38.0 Å². The average Bonchev–Trinajstić information content (AvgIpc) is 2.67. The summed E-state index contributed by atoms with van der Waals surface area (Å²) in [6.07, 6.45) is 3.57. The maximum atomic E-state index is 5.97. The molecule has 18 heavy (non-hydrogen) atoms. The second-order valence-corrected chi connectivity index (χ2v) is 6.18. The van der Waals surface area contributed by atoms with Crippen LogP contribution in [0.5, 0.6) is 0 Å². The number of hydrogen-bond donors (Lipinski definition) is 1. The number of halogens is 1. The van der Waals surface area contributed by atoms with Crippen LogP contribution in [0.15, 0.2) is 6.07 Å². The molecule has 2 rings (SSSR count). The van der Waals surface area contributed by atoms with Gasteiger partial charge >= 0.3 is 0 Å². The Kier molecular flexibility index (Phi) is 4.40. The molecule has 1 unspecified atom stereocenters. The van der Waals surface area contributed by atoms with Gasteiger partial charge in [0.25, 0.3) is 0 Å². The molecule has 2 aromatic heterocycles. The monoisotopic (exact) mass is 283 g/mol. The Morgan fingerprint density at radius 1 is 1.44 bits per heavy atom. The number of thiophene rings is 1. The first-order valence-electron chi connectivity index (χ1n) is 6.30. The van der Waals surface area contributed by atoms with Crippen molar-refractivity contribution < 1.29 is 0 Å². The van der Waals surface area contributed by atoms with Gasteiger partial charge in [-0.1, -0.05) is 19.8 Å². The molecule has 5 heteroatoms. The fraction of sp³-hybridized carbons (Fsp3) is 0.538. The molecule has 2 aromatic rings. The molecular weight excluding hydrogens is 266 g/mol. The van der Waals surface area contributed by atoms with Crippen molar-refractivity contribution in [3.8, 4) is 0 Å². The third kappa shape index (κ3) is 3.12. The van der Waals surface area contributed by atoms with E-state index < -0.39 is 0 Å².